The van der Waals surface area contributed by atoms with Crippen LogP contribution in [0.2, 0.25) is 0 Å². The number of imidazole rings is 1. The topological polar surface area (TPSA) is 116 Å². The van der Waals surface area contributed by atoms with Crippen molar-refractivity contribution < 1.29 is 4.79 Å². The van der Waals surface area contributed by atoms with Gasteiger partial charge in [0.25, 0.3) is 5.56 Å². The molecule has 0 aliphatic carbocycles. The van der Waals surface area contributed by atoms with Gasteiger partial charge in [0.05, 0.1) is 17.6 Å². The van der Waals surface area contributed by atoms with Gasteiger partial charge in [-0.2, -0.15) is 0 Å². The first kappa shape index (κ1) is 21.1. The fourth-order valence-electron chi connectivity index (χ4n) is 2.84. The van der Waals surface area contributed by atoms with E-state index in [2.05, 4.69) is 25.9 Å². The molecule has 0 amide bonds. The van der Waals surface area contributed by atoms with Gasteiger partial charge in [-0.1, -0.05) is 46.7 Å². The predicted molar refractivity (Wildman–Crippen MR) is 117 cm³/mol. The molecular formula is C19H20BrN5O3S. The van der Waals surface area contributed by atoms with E-state index < -0.39 is 17.0 Å². The Balaban J connectivity index is 1.81. The summed E-state index contributed by atoms with van der Waals surface area (Å²) in [7, 11) is 1.34. The van der Waals surface area contributed by atoms with Crippen LogP contribution in [0.25, 0.3) is 11.3 Å². The molecule has 3 N–H and O–H groups in total. The number of aromatic nitrogens is 4. The molecule has 3 aromatic rings. The van der Waals surface area contributed by atoms with Gasteiger partial charge in [0, 0.05) is 18.1 Å². The summed E-state index contributed by atoms with van der Waals surface area (Å²) in [4.78, 5) is 44.8. The van der Waals surface area contributed by atoms with Crippen LogP contribution >= 0.6 is 27.7 Å². The van der Waals surface area contributed by atoms with Gasteiger partial charge in [0.2, 0.25) is 0 Å². The van der Waals surface area contributed by atoms with Gasteiger partial charge >= 0.3 is 5.69 Å². The zero-order chi connectivity index (χ0) is 21.1. The number of aromatic amines is 1. The van der Waals surface area contributed by atoms with Crippen molar-refractivity contribution in [2.24, 2.45) is 7.05 Å². The minimum atomic E-state index is -0.680. The van der Waals surface area contributed by atoms with Gasteiger partial charge in [-0.05, 0) is 24.1 Å². The Morgan fingerprint density at radius 1 is 1.28 bits per heavy atom. The maximum atomic E-state index is 12.7. The molecule has 0 saturated heterocycles. The highest BCUT2D eigenvalue weighted by Crippen LogP contribution is 2.23. The molecule has 8 nitrogen and oxygen atoms in total. The number of rotatable bonds is 7. The molecule has 0 unspecified atom stereocenters. The van der Waals surface area contributed by atoms with Crippen molar-refractivity contribution in [2.75, 3.05) is 11.5 Å². The quantitative estimate of drug-likeness (QED) is 0.399. The number of nitrogens with zero attached hydrogens (tertiary/aromatic N) is 3. The minimum absolute atomic E-state index is 0.0307. The molecule has 10 heteroatoms. The molecule has 0 bridgehead atoms. The van der Waals surface area contributed by atoms with E-state index in [4.69, 9.17) is 5.73 Å². The molecule has 152 valence electrons. The third kappa shape index (κ3) is 4.38. The Morgan fingerprint density at radius 3 is 2.62 bits per heavy atom. The van der Waals surface area contributed by atoms with Crippen molar-refractivity contribution in [2.45, 2.75) is 25.0 Å². The normalized spacial score (nSPS) is 11.0. The fourth-order valence-corrected chi connectivity index (χ4v) is 3.83. The first-order chi connectivity index (χ1) is 13.8. The number of Topliss-reactive ketones (excluding diaryl/α,β-unsaturated/α-hetero) is 1. The molecule has 2 aromatic heterocycles. The van der Waals surface area contributed by atoms with Crippen LogP contribution in [-0.4, -0.2) is 30.6 Å². The van der Waals surface area contributed by atoms with E-state index in [9.17, 15) is 14.4 Å². The Kier molecular flexibility index (Phi) is 6.43. The molecule has 1 aromatic carbocycles. The molecule has 0 saturated carbocycles. The molecule has 0 atom stereocenters. The summed E-state index contributed by atoms with van der Waals surface area (Å²) in [6, 6.07) is 7.74. The molecule has 2 heterocycles. The first-order valence-corrected chi connectivity index (χ1v) is 10.7. The highest BCUT2D eigenvalue weighted by molar-refractivity contribution is 9.10. The Hall–Kier alpha value is -2.59. The van der Waals surface area contributed by atoms with E-state index in [0.29, 0.717) is 18.1 Å². The Morgan fingerprint density at radius 2 is 1.97 bits per heavy atom. The van der Waals surface area contributed by atoms with Gasteiger partial charge in [-0.15, -0.1) is 0 Å². The van der Waals surface area contributed by atoms with Crippen LogP contribution < -0.4 is 17.0 Å². The number of nitrogen functional groups attached to an aromatic ring is 1. The summed E-state index contributed by atoms with van der Waals surface area (Å²) in [6.07, 6.45) is 2.33. The highest BCUT2D eigenvalue weighted by atomic mass is 79.9. The number of benzene rings is 1. The number of anilines is 1. The summed E-state index contributed by atoms with van der Waals surface area (Å²) in [5.41, 5.74) is 6.41. The number of hydrogen-bond donors (Lipinski definition) is 2. The average Bonchev–Trinajstić information content (AvgIpc) is 3.18. The van der Waals surface area contributed by atoms with E-state index >= 15 is 0 Å². The van der Waals surface area contributed by atoms with Crippen LogP contribution in [0.3, 0.4) is 0 Å². The smallest absolute Gasteiger partial charge is 0.332 e. The van der Waals surface area contributed by atoms with Crippen LogP contribution in [0.5, 0.6) is 0 Å². The molecule has 0 aliphatic rings. The van der Waals surface area contributed by atoms with Gasteiger partial charge < -0.3 is 10.7 Å². The zero-order valence-electron chi connectivity index (χ0n) is 15.9. The lowest BCUT2D eigenvalue weighted by atomic mass is 10.2. The van der Waals surface area contributed by atoms with E-state index in [0.717, 1.165) is 20.3 Å². The summed E-state index contributed by atoms with van der Waals surface area (Å²) >= 11 is 4.57. The van der Waals surface area contributed by atoms with Crippen molar-refractivity contribution in [3.05, 3.63) is 61.3 Å². The second-order valence-corrected chi connectivity index (χ2v) is 8.26. The summed E-state index contributed by atoms with van der Waals surface area (Å²) in [5, 5.41) is 0.550. The number of H-pyrrole nitrogens is 1. The number of nitrogens with one attached hydrogen (secondary N) is 1. The van der Waals surface area contributed by atoms with Crippen molar-refractivity contribution in [1.29, 1.82) is 0 Å². The zero-order valence-corrected chi connectivity index (χ0v) is 18.3. The maximum Gasteiger partial charge on any atom is 0.332 e. The number of halogens is 1. The molecule has 29 heavy (non-hydrogen) atoms. The first-order valence-electron chi connectivity index (χ1n) is 8.89. The monoisotopic (exact) mass is 477 g/mol. The van der Waals surface area contributed by atoms with Crippen LogP contribution in [0.4, 0.5) is 5.82 Å². The van der Waals surface area contributed by atoms with E-state index in [1.807, 2.05) is 31.2 Å². The van der Waals surface area contributed by atoms with Crippen LogP contribution in [0.15, 0.2) is 49.7 Å². The minimum Gasteiger partial charge on any atom is -0.384 e. The molecule has 0 radical (unpaired) electrons. The second kappa shape index (κ2) is 8.83. The molecule has 3 rings (SSSR count). The maximum absolute atomic E-state index is 12.7. The molecule has 0 aliphatic heterocycles. The molecule has 0 spiro atoms. The van der Waals surface area contributed by atoms with Gasteiger partial charge in [0.1, 0.15) is 11.4 Å². The highest BCUT2D eigenvalue weighted by Gasteiger charge is 2.21. The summed E-state index contributed by atoms with van der Waals surface area (Å²) in [5.74, 6) is -0.558. The second-order valence-electron chi connectivity index (χ2n) is 6.38. The Bertz CT molecular complexity index is 1160. The van der Waals surface area contributed by atoms with Gasteiger partial charge in [0.15, 0.2) is 10.9 Å². The molecular weight excluding hydrogens is 458 g/mol. The summed E-state index contributed by atoms with van der Waals surface area (Å²) in [6.45, 7) is 2.22. The SMILES string of the molecule is CCCn1c(N)c(C(=O)CSc2ncc(-c3ccc(Br)cc3)[nH]2)c(=O)n(C)c1=O. The van der Waals surface area contributed by atoms with Gasteiger partial charge in [-0.25, -0.2) is 9.78 Å². The van der Waals surface area contributed by atoms with E-state index in [-0.39, 0.29) is 17.1 Å². The number of nitrogens with two attached hydrogens (primary N) is 1. The van der Waals surface area contributed by atoms with Crippen LogP contribution in [-0.2, 0) is 13.6 Å². The Labute approximate surface area is 179 Å². The largest absolute Gasteiger partial charge is 0.384 e. The number of thioether (sulfide) groups is 1. The number of ketones is 1. The van der Waals surface area contributed by atoms with E-state index in [1.54, 1.807) is 6.20 Å². The van der Waals surface area contributed by atoms with Gasteiger partial charge in [-0.3, -0.25) is 18.7 Å². The van der Waals surface area contributed by atoms with Crippen LogP contribution in [0, 0.1) is 0 Å². The number of carbonyl (C=O) groups is 1. The van der Waals surface area contributed by atoms with E-state index in [1.165, 1.54) is 23.4 Å². The summed E-state index contributed by atoms with van der Waals surface area (Å²) < 4.78 is 3.16. The standard InChI is InChI=1S/C19H20BrN5O3S/c1-3-8-25-16(21)15(17(27)24(2)19(25)28)14(26)10-29-18-22-9-13(23-18)11-4-6-12(20)7-5-11/h4-7,9H,3,8,10,21H2,1-2H3,(H,22,23). The van der Waals surface area contributed by atoms with Crippen molar-refractivity contribution >= 4 is 39.3 Å². The number of carbonyl (C=O) groups excluding carboxylic acids is 1. The number of hydrogen-bond acceptors (Lipinski definition) is 6. The lowest BCUT2D eigenvalue weighted by Crippen LogP contribution is -2.42. The van der Waals surface area contributed by atoms with Crippen molar-refractivity contribution in [3.63, 3.8) is 0 Å². The molecule has 0 fully saturated rings. The lowest BCUT2D eigenvalue weighted by molar-refractivity contribution is 0.102. The van der Waals surface area contributed by atoms with Crippen LogP contribution in [0.1, 0.15) is 23.7 Å². The average molecular weight is 478 g/mol. The third-order valence-corrected chi connectivity index (χ3v) is 5.77. The fraction of sp³-hybridized carbons (Fsp3) is 0.263. The third-order valence-electron chi connectivity index (χ3n) is 4.36. The van der Waals surface area contributed by atoms with Crippen molar-refractivity contribution in [1.82, 2.24) is 19.1 Å². The predicted octanol–water partition coefficient (Wildman–Crippen LogP) is 2.67. The van der Waals surface area contributed by atoms with Crippen molar-refractivity contribution in [3.8, 4) is 11.3 Å². The lowest BCUT2D eigenvalue weighted by Gasteiger charge is -2.13.